The fourth-order valence-corrected chi connectivity index (χ4v) is 5.36. The first kappa shape index (κ1) is 27.7. The molecule has 0 aromatic heterocycles. The third-order valence-electron chi connectivity index (χ3n) is 7.76. The van der Waals surface area contributed by atoms with Gasteiger partial charge in [-0.2, -0.15) is 0 Å². The van der Waals surface area contributed by atoms with Crippen molar-refractivity contribution in [2.75, 3.05) is 13.2 Å². The fraction of sp³-hybridized carbons (Fsp3) is 0.613. The van der Waals surface area contributed by atoms with Crippen molar-refractivity contribution >= 4 is 0 Å². The largest absolute Gasteiger partial charge is 0.494 e. The van der Waals surface area contributed by atoms with Crippen LogP contribution in [0.1, 0.15) is 101 Å². The Hall–Kier alpha value is -1.88. The molecule has 1 aliphatic carbocycles. The molecule has 2 aromatic carbocycles. The van der Waals surface area contributed by atoms with Gasteiger partial charge >= 0.3 is 0 Å². The van der Waals surface area contributed by atoms with E-state index in [0.29, 0.717) is 19.1 Å². The summed E-state index contributed by atoms with van der Waals surface area (Å²) in [6.45, 7) is 8.16. The van der Waals surface area contributed by atoms with Crippen molar-refractivity contribution < 1.29 is 19.7 Å². The summed E-state index contributed by atoms with van der Waals surface area (Å²) in [7, 11) is 0. The van der Waals surface area contributed by atoms with Crippen LogP contribution in [0.2, 0.25) is 0 Å². The van der Waals surface area contributed by atoms with Gasteiger partial charge in [0.1, 0.15) is 5.75 Å². The van der Waals surface area contributed by atoms with Gasteiger partial charge in [0.05, 0.1) is 24.9 Å². The second kappa shape index (κ2) is 14.0. The molecule has 2 unspecified atom stereocenters. The van der Waals surface area contributed by atoms with Gasteiger partial charge < -0.3 is 19.7 Å². The zero-order valence-electron chi connectivity index (χ0n) is 22.0. The van der Waals surface area contributed by atoms with Crippen LogP contribution in [0.5, 0.6) is 5.75 Å². The summed E-state index contributed by atoms with van der Waals surface area (Å²) in [4.78, 5) is 0. The smallest absolute Gasteiger partial charge is 0.119 e. The van der Waals surface area contributed by atoms with Crippen LogP contribution in [0, 0.1) is 11.8 Å². The zero-order chi connectivity index (χ0) is 25.1. The van der Waals surface area contributed by atoms with Gasteiger partial charge in [-0.05, 0) is 86.6 Å². The predicted molar refractivity (Wildman–Crippen MR) is 142 cm³/mol. The molecule has 1 saturated carbocycles. The highest BCUT2D eigenvalue weighted by atomic mass is 16.5. The third-order valence-corrected chi connectivity index (χ3v) is 7.76. The number of unbranched alkanes of at least 4 members (excludes halogenated alkanes) is 1. The van der Waals surface area contributed by atoms with E-state index in [9.17, 15) is 10.2 Å². The van der Waals surface area contributed by atoms with Gasteiger partial charge in [-0.15, -0.1) is 0 Å². The number of rotatable bonds is 14. The molecule has 35 heavy (non-hydrogen) atoms. The van der Waals surface area contributed by atoms with Crippen LogP contribution in [0.25, 0.3) is 0 Å². The second-order valence-electron chi connectivity index (χ2n) is 10.4. The van der Waals surface area contributed by atoms with E-state index < -0.39 is 5.60 Å². The summed E-state index contributed by atoms with van der Waals surface area (Å²) in [6.07, 6.45) is 9.45. The maximum absolute atomic E-state index is 11.3. The van der Waals surface area contributed by atoms with Crippen LogP contribution < -0.4 is 4.74 Å². The van der Waals surface area contributed by atoms with Crippen LogP contribution in [-0.4, -0.2) is 23.4 Å². The number of ether oxygens (including phenoxy) is 2. The van der Waals surface area contributed by atoms with Gasteiger partial charge in [0.2, 0.25) is 0 Å². The molecule has 2 aromatic rings. The third kappa shape index (κ3) is 8.34. The van der Waals surface area contributed by atoms with E-state index in [1.54, 1.807) is 0 Å². The lowest BCUT2D eigenvalue weighted by atomic mass is 9.71. The maximum atomic E-state index is 11.3. The molecule has 3 rings (SSSR count). The van der Waals surface area contributed by atoms with Crippen molar-refractivity contribution in [3.05, 3.63) is 65.2 Å². The minimum atomic E-state index is -0.773. The van der Waals surface area contributed by atoms with Gasteiger partial charge in [-0.1, -0.05) is 69.0 Å². The van der Waals surface area contributed by atoms with E-state index in [4.69, 9.17) is 9.47 Å². The quantitative estimate of drug-likeness (QED) is 0.277. The molecule has 1 fully saturated rings. The molecule has 0 radical (unpaired) electrons. The van der Waals surface area contributed by atoms with Gasteiger partial charge in [-0.25, -0.2) is 0 Å². The van der Waals surface area contributed by atoms with E-state index in [0.717, 1.165) is 67.1 Å². The lowest BCUT2D eigenvalue weighted by Crippen LogP contribution is -2.34. The average Bonchev–Trinajstić information content (AvgIpc) is 2.88. The molecule has 2 atom stereocenters. The second-order valence-corrected chi connectivity index (χ2v) is 10.4. The van der Waals surface area contributed by atoms with Crippen LogP contribution >= 0.6 is 0 Å². The highest BCUT2D eigenvalue weighted by Gasteiger charge is 2.36. The van der Waals surface area contributed by atoms with Gasteiger partial charge in [0, 0.05) is 6.61 Å². The summed E-state index contributed by atoms with van der Waals surface area (Å²) in [5.41, 5.74) is 2.37. The Kier molecular flexibility index (Phi) is 11.1. The van der Waals surface area contributed by atoms with Crippen LogP contribution in [0.15, 0.2) is 48.5 Å². The molecule has 4 heteroatoms. The van der Waals surface area contributed by atoms with Gasteiger partial charge in [0.25, 0.3) is 0 Å². The number of aliphatic hydroxyl groups excluding tert-OH is 1. The van der Waals surface area contributed by atoms with Crippen molar-refractivity contribution in [3.8, 4) is 5.75 Å². The first-order chi connectivity index (χ1) is 16.9. The monoisotopic (exact) mass is 482 g/mol. The van der Waals surface area contributed by atoms with Crippen molar-refractivity contribution in [2.24, 2.45) is 11.8 Å². The molecule has 0 spiro atoms. The normalized spacial score (nSPS) is 20.8. The summed E-state index contributed by atoms with van der Waals surface area (Å²) in [6, 6.07) is 16.2. The topological polar surface area (TPSA) is 58.9 Å². The van der Waals surface area contributed by atoms with E-state index >= 15 is 0 Å². The van der Waals surface area contributed by atoms with E-state index in [1.807, 2.05) is 38.1 Å². The molecule has 4 nitrogen and oxygen atoms in total. The van der Waals surface area contributed by atoms with E-state index in [1.165, 1.54) is 25.7 Å². The number of aliphatic hydroxyl groups is 2. The Labute approximate surface area is 212 Å². The molecule has 1 aliphatic rings. The molecular weight excluding hydrogens is 436 g/mol. The molecule has 0 heterocycles. The Balaban J connectivity index is 1.33. The fourth-order valence-electron chi connectivity index (χ4n) is 5.36. The highest BCUT2D eigenvalue weighted by molar-refractivity contribution is 5.29. The lowest BCUT2D eigenvalue weighted by Gasteiger charge is -2.38. The predicted octanol–water partition coefficient (Wildman–Crippen LogP) is 7.32. The molecule has 0 bridgehead atoms. The highest BCUT2D eigenvalue weighted by Crippen LogP contribution is 2.42. The maximum Gasteiger partial charge on any atom is 0.119 e. The first-order valence-corrected chi connectivity index (χ1v) is 13.7. The number of benzene rings is 2. The van der Waals surface area contributed by atoms with Crippen molar-refractivity contribution in [2.45, 2.75) is 96.9 Å². The zero-order valence-corrected chi connectivity index (χ0v) is 22.0. The minimum absolute atomic E-state index is 0.318. The SMILES string of the molecule is CCCC(O)c1ccc(OCCCCC2CCC(C(C)(O)c3ccc(COCC)cc3)CC2)cc1. The summed E-state index contributed by atoms with van der Waals surface area (Å²) in [5.74, 6) is 1.96. The molecule has 194 valence electrons. The molecule has 0 amide bonds. The van der Waals surface area contributed by atoms with E-state index in [2.05, 4.69) is 31.2 Å². The Morgan fingerprint density at radius 3 is 2.26 bits per heavy atom. The van der Waals surface area contributed by atoms with Gasteiger partial charge in [-0.3, -0.25) is 0 Å². The van der Waals surface area contributed by atoms with Crippen LogP contribution in [0.3, 0.4) is 0 Å². The lowest BCUT2D eigenvalue weighted by molar-refractivity contribution is -0.0280. The minimum Gasteiger partial charge on any atom is -0.494 e. The van der Waals surface area contributed by atoms with E-state index in [-0.39, 0.29) is 6.10 Å². The molecule has 0 aliphatic heterocycles. The number of hydrogen-bond acceptors (Lipinski definition) is 4. The van der Waals surface area contributed by atoms with Crippen molar-refractivity contribution in [1.82, 2.24) is 0 Å². The number of hydrogen-bond donors (Lipinski definition) is 2. The van der Waals surface area contributed by atoms with Crippen LogP contribution in [-0.2, 0) is 16.9 Å². The standard InChI is InChI=1S/C31H46O4/c1-4-8-30(32)26-14-20-29(21-15-26)35-22-7-6-9-24-10-16-27(17-11-24)31(3,33)28-18-12-25(13-19-28)23-34-5-2/h12-15,18-21,24,27,30,32-33H,4-11,16-17,22-23H2,1-3H3. The summed E-state index contributed by atoms with van der Waals surface area (Å²) in [5, 5.41) is 21.4. The van der Waals surface area contributed by atoms with Crippen molar-refractivity contribution in [1.29, 1.82) is 0 Å². The first-order valence-electron chi connectivity index (χ1n) is 13.7. The molecule has 2 N–H and O–H groups in total. The summed E-state index contributed by atoms with van der Waals surface area (Å²) < 4.78 is 11.4. The Morgan fingerprint density at radius 2 is 1.63 bits per heavy atom. The Morgan fingerprint density at radius 1 is 0.943 bits per heavy atom. The Bertz CT molecular complexity index is 835. The average molecular weight is 483 g/mol. The van der Waals surface area contributed by atoms with Crippen LogP contribution in [0.4, 0.5) is 0 Å². The molecular formula is C31H46O4. The van der Waals surface area contributed by atoms with Crippen molar-refractivity contribution in [3.63, 3.8) is 0 Å². The summed E-state index contributed by atoms with van der Waals surface area (Å²) >= 11 is 0. The van der Waals surface area contributed by atoms with Gasteiger partial charge in [0.15, 0.2) is 0 Å². The molecule has 0 saturated heterocycles.